The van der Waals surface area contributed by atoms with Crippen LogP contribution in [0.4, 0.5) is 14.5 Å². The molecule has 0 atom stereocenters. The van der Waals surface area contributed by atoms with Crippen molar-refractivity contribution < 1.29 is 22.0 Å². The van der Waals surface area contributed by atoms with Crippen molar-refractivity contribution in [1.82, 2.24) is 14.2 Å². The standard InChI is InChI=1S/C23H27F2N5O3S/c1-3-34(32,33)30-10-8-29(9-11-30)22(31)17-14-27-20-13-19(25)18(24)12-16(20)21(17)28-6-4-23(2,15-26)5-7-28/h12-14H,3-11H2,1-2H3. The molecule has 182 valence electrons. The second-order valence-electron chi connectivity index (χ2n) is 9.06. The van der Waals surface area contributed by atoms with E-state index in [1.165, 1.54) is 10.5 Å². The largest absolute Gasteiger partial charge is 0.370 e. The monoisotopic (exact) mass is 491 g/mol. The maximum absolute atomic E-state index is 14.2. The number of fused-ring (bicyclic) bond motifs is 1. The lowest BCUT2D eigenvalue weighted by Gasteiger charge is -2.38. The van der Waals surface area contributed by atoms with Gasteiger partial charge in [-0.15, -0.1) is 0 Å². The van der Waals surface area contributed by atoms with Crippen molar-refractivity contribution in [2.45, 2.75) is 26.7 Å². The number of pyridine rings is 1. The van der Waals surface area contributed by atoms with Gasteiger partial charge in [0.25, 0.3) is 5.91 Å². The van der Waals surface area contributed by atoms with Gasteiger partial charge in [0.15, 0.2) is 11.6 Å². The zero-order valence-corrected chi connectivity index (χ0v) is 20.0. The molecule has 2 aliphatic heterocycles. The summed E-state index contributed by atoms with van der Waals surface area (Å²) in [6.45, 7) is 5.26. The molecule has 4 rings (SSSR count). The van der Waals surface area contributed by atoms with Gasteiger partial charge in [0, 0.05) is 56.9 Å². The summed E-state index contributed by atoms with van der Waals surface area (Å²) >= 11 is 0. The Morgan fingerprint density at radius 2 is 1.74 bits per heavy atom. The molecule has 0 saturated carbocycles. The molecule has 2 aliphatic rings. The first-order valence-electron chi connectivity index (χ1n) is 11.3. The van der Waals surface area contributed by atoms with E-state index in [1.807, 2.05) is 11.8 Å². The van der Waals surface area contributed by atoms with Crippen LogP contribution >= 0.6 is 0 Å². The molecule has 0 N–H and O–H groups in total. The molecule has 2 saturated heterocycles. The van der Waals surface area contributed by atoms with Crippen molar-refractivity contribution in [1.29, 1.82) is 5.26 Å². The molecule has 1 aromatic heterocycles. The number of anilines is 1. The average molecular weight is 492 g/mol. The van der Waals surface area contributed by atoms with Crippen molar-refractivity contribution >= 4 is 32.5 Å². The number of amides is 1. The summed E-state index contributed by atoms with van der Waals surface area (Å²) in [5.74, 6) is -2.39. The molecule has 0 bridgehead atoms. The molecule has 0 radical (unpaired) electrons. The fourth-order valence-corrected chi connectivity index (χ4v) is 5.61. The van der Waals surface area contributed by atoms with Crippen LogP contribution in [-0.2, 0) is 10.0 Å². The Kier molecular flexibility index (Phi) is 6.48. The molecule has 0 aliphatic carbocycles. The second kappa shape index (κ2) is 9.07. The Bertz CT molecular complexity index is 1260. The smallest absolute Gasteiger partial charge is 0.257 e. The van der Waals surface area contributed by atoms with Gasteiger partial charge in [-0.05, 0) is 32.8 Å². The molecular weight excluding hydrogens is 464 g/mol. The summed E-state index contributed by atoms with van der Waals surface area (Å²) < 4.78 is 53.8. The van der Waals surface area contributed by atoms with Crippen LogP contribution in [0.3, 0.4) is 0 Å². The topological polar surface area (TPSA) is 97.6 Å². The van der Waals surface area contributed by atoms with E-state index >= 15 is 0 Å². The van der Waals surface area contributed by atoms with Crippen LogP contribution < -0.4 is 4.90 Å². The molecule has 2 fully saturated rings. The van der Waals surface area contributed by atoms with Crippen molar-refractivity contribution in [3.8, 4) is 6.07 Å². The average Bonchev–Trinajstić information content (AvgIpc) is 2.84. The van der Waals surface area contributed by atoms with E-state index in [9.17, 15) is 27.3 Å². The van der Waals surface area contributed by atoms with Crippen LogP contribution in [0.15, 0.2) is 18.3 Å². The number of hydrogen-bond donors (Lipinski definition) is 0. The highest BCUT2D eigenvalue weighted by Crippen LogP contribution is 2.37. The minimum Gasteiger partial charge on any atom is -0.370 e. The fourth-order valence-electron chi connectivity index (χ4n) is 4.53. The van der Waals surface area contributed by atoms with Crippen LogP contribution in [-0.4, -0.2) is 73.5 Å². The van der Waals surface area contributed by atoms with Crippen molar-refractivity contribution in [3.63, 3.8) is 0 Å². The number of hydrogen-bond acceptors (Lipinski definition) is 6. The fraction of sp³-hybridized carbons (Fsp3) is 0.522. The van der Waals surface area contributed by atoms with Crippen LogP contribution in [0.5, 0.6) is 0 Å². The third kappa shape index (κ3) is 4.44. The molecule has 0 unspecified atom stereocenters. The molecular formula is C23H27F2N5O3S. The molecule has 1 aromatic carbocycles. The number of halogens is 2. The van der Waals surface area contributed by atoms with Gasteiger partial charge in [-0.3, -0.25) is 9.78 Å². The predicted octanol–water partition coefficient (Wildman–Crippen LogP) is 2.75. The number of benzene rings is 1. The number of piperazine rings is 1. The lowest BCUT2D eigenvalue weighted by atomic mass is 9.81. The summed E-state index contributed by atoms with van der Waals surface area (Å²) in [6, 6.07) is 4.42. The van der Waals surface area contributed by atoms with Crippen LogP contribution in [0.25, 0.3) is 10.9 Å². The zero-order chi connectivity index (χ0) is 24.7. The molecule has 0 spiro atoms. The number of sulfonamides is 1. The highest BCUT2D eigenvalue weighted by atomic mass is 32.2. The van der Waals surface area contributed by atoms with E-state index < -0.39 is 27.1 Å². The zero-order valence-electron chi connectivity index (χ0n) is 19.2. The molecule has 1 amide bonds. The lowest BCUT2D eigenvalue weighted by Crippen LogP contribution is -2.51. The summed E-state index contributed by atoms with van der Waals surface area (Å²) in [4.78, 5) is 21.3. The minimum absolute atomic E-state index is 0.00160. The molecule has 2 aromatic rings. The van der Waals surface area contributed by atoms with Gasteiger partial charge in [0.2, 0.25) is 10.0 Å². The first-order chi connectivity index (χ1) is 16.1. The number of nitrogens with zero attached hydrogens (tertiary/aromatic N) is 5. The highest BCUT2D eigenvalue weighted by Gasteiger charge is 2.34. The predicted molar refractivity (Wildman–Crippen MR) is 124 cm³/mol. The Morgan fingerprint density at radius 3 is 2.32 bits per heavy atom. The minimum atomic E-state index is -3.34. The first kappa shape index (κ1) is 24.3. The van der Waals surface area contributed by atoms with Gasteiger partial charge in [-0.2, -0.15) is 9.57 Å². The van der Waals surface area contributed by atoms with Crippen LogP contribution in [0.1, 0.15) is 37.0 Å². The van der Waals surface area contributed by atoms with Crippen molar-refractivity contribution in [2.75, 3.05) is 49.9 Å². The molecule has 11 heteroatoms. The number of carbonyl (C=O) groups is 1. The SMILES string of the molecule is CCS(=O)(=O)N1CCN(C(=O)c2cnc3cc(F)c(F)cc3c2N2CCC(C)(C#N)CC2)CC1. The van der Waals surface area contributed by atoms with Crippen molar-refractivity contribution in [3.05, 3.63) is 35.5 Å². The number of piperidine rings is 1. The van der Waals surface area contributed by atoms with E-state index in [-0.39, 0.29) is 48.9 Å². The van der Waals surface area contributed by atoms with E-state index in [0.29, 0.717) is 37.0 Å². The first-order valence-corrected chi connectivity index (χ1v) is 12.9. The van der Waals surface area contributed by atoms with Gasteiger partial charge in [-0.1, -0.05) is 0 Å². The summed E-state index contributed by atoms with van der Waals surface area (Å²) in [7, 11) is -3.34. The number of nitriles is 1. The van der Waals surface area contributed by atoms with Crippen LogP contribution in [0, 0.1) is 28.4 Å². The Balaban J connectivity index is 1.70. The lowest BCUT2D eigenvalue weighted by molar-refractivity contribution is 0.0698. The number of rotatable bonds is 4. The van der Waals surface area contributed by atoms with Gasteiger partial charge in [0.1, 0.15) is 0 Å². The van der Waals surface area contributed by atoms with Gasteiger partial charge >= 0.3 is 0 Å². The summed E-state index contributed by atoms with van der Waals surface area (Å²) in [6.07, 6.45) is 2.51. The van der Waals surface area contributed by atoms with E-state index in [2.05, 4.69) is 11.1 Å². The maximum Gasteiger partial charge on any atom is 0.257 e. The second-order valence-corrected chi connectivity index (χ2v) is 11.3. The Morgan fingerprint density at radius 1 is 1.12 bits per heavy atom. The van der Waals surface area contributed by atoms with E-state index in [4.69, 9.17) is 0 Å². The Hall–Kier alpha value is -2.84. The normalized spacial score (nSPS) is 19.3. The van der Waals surface area contributed by atoms with E-state index in [1.54, 1.807) is 11.8 Å². The highest BCUT2D eigenvalue weighted by molar-refractivity contribution is 7.89. The molecule has 3 heterocycles. The third-order valence-corrected chi connectivity index (χ3v) is 8.73. The molecule has 34 heavy (non-hydrogen) atoms. The Labute approximate surface area is 197 Å². The van der Waals surface area contributed by atoms with Crippen molar-refractivity contribution in [2.24, 2.45) is 5.41 Å². The van der Waals surface area contributed by atoms with Gasteiger partial charge in [-0.25, -0.2) is 17.2 Å². The van der Waals surface area contributed by atoms with Gasteiger partial charge in [0.05, 0.1) is 34.0 Å². The van der Waals surface area contributed by atoms with E-state index in [0.717, 1.165) is 12.1 Å². The molecule has 8 nitrogen and oxygen atoms in total. The quantitative estimate of drug-likeness (QED) is 0.653. The van der Waals surface area contributed by atoms with Crippen LogP contribution in [0.2, 0.25) is 0 Å². The summed E-state index contributed by atoms with van der Waals surface area (Å²) in [5.41, 5.74) is 0.475. The maximum atomic E-state index is 14.2. The number of carbonyl (C=O) groups excluding carboxylic acids is 1. The van der Waals surface area contributed by atoms with Gasteiger partial charge < -0.3 is 9.80 Å². The summed E-state index contributed by atoms with van der Waals surface area (Å²) in [5, 5.41) is 9.81. The third-order valence-electron chi connectivity index (χ3n) is 6.85. The number of aromatic nitrogens is 1.